The van der Waals surface area contributed by atoms with Gasteiger partial charge in [-0.15, -0.1) is 0 Å². The van der Waals surface area contributed by atoms with Crippen LogP contribution < -0.4 is 14.8 Å². The molecule has 3 aromatic rings. The lowest BCUT2D eigenvalue weighted by Gasteiger charge is -2.12. The number of aromatic nitrogens is 4. The van der Waals surface area contributed by atoms with E-state index in [1.165, 1.54) is 43.7 Å². The molecule has 0 radical (unpaired) electrons. The number of carbonyl (C=O) groups excluding carboxylic acids is 1. The van der Waals surface area contributed by atoms with Gasteiger partial charge in [0.25, 0.3) is 5.91 Å². The van der Waals surface area contributed by atoms with Crippen LogP contribution in [0.2, 0.25) is 0 Å². The van der Waals surface area contributed by atoms with Crippen LogP contribution in [-0.2, 0) is 0 Å². The highest BCUT2D eigenvalue weighted by molar-refractivity contribution is 6.03. The molecule has 1 aromatic carbocycles. The summed E-state index contributed by atoms with van der Waals surface area (Å²) in [7, 11) is 2.75. The second-order valence-corrected chi connectivity index (χ2v) is 4.86. The highest BCUT2D eigenvalue weighted by Crippen LogP contribution is 2.32. The maximum Gasteiger partial charge on any atom is 0.274 e. The summed E-state index contributed by atoms with van der Waals surface area (Å²) in [6.07, 6.45) is 2.82. The first-order chi connectivity index (χ1) is 12.1. The fourth-order valence-electron chi connectivity index (χ4n) is 2.15. The smallest absolute Gasteiger partial charge is 0.274 e. The highest BCUT2D eigenvalue weighted by atomic mass is 19.1. The highest BCUT2D eigenvalue weighted by Gasteiger charge is 2.15. The molecule has 0 saturated heterocycles. The molecule has 3 rings (SSSR count). The molecule has 9 heteroatoms. The Bertz CT molecular complexity index is 899. The van der Waals surface area contributed by atoms with E-state index in [9.17, 15) is 9.18 Å². The van der Waals surface area contributed by atoms with Gasteiger partial charge in [-0.2, -0.15) is 5.10 Å². The third-order valence-corrected chi connectivity index (χ3v) is 3.34. The fraction of sp³-hybridized carbons (Fsp3) is 0.125. The summed E-state index contributed by atoms with van der Waals surface area (Å²) in [6, 6.07) is 7.34. The molecule has 0 unspecified atom stereocenters. The zero-order chi connectivity index (χ0) is 17.8. The van der Waals surface area contributed by atoms with E-state index in [0.29, 0.717) is 5.82 Å². The molecule has 0 fully saturated rings. The van der Waals surface area contributed by atoms with Crippen LogP contribution in [0.1, 0.15) is 10.5 Å². The zero-order valence-electron chi connectivity index (χ0n) is 13.4. The maximum atomic E-state index is 13.9. The minimum atomic E-state index is -0.622. The number of amides is 1. The quantitative estimate of drug-likeness (QED) is 0.763. The minimum Gasteiger partial charge on any atom is -0.494 e. The van der Waals surface area contributed by atoms with Crippen LogP contribution in [0.15, 0.2) is 43.0 Å². The number of carbonyl (C=O) groups is 1. The molecular formula is C16H14FN5O3. The molecule has 1 N–H and O–H groups in total. The molecule has 128 valence electrons. The third kappa shape index (κ3) is 3.39. The standard InChI is InChI=1S/C16H14FN5O3/c1-24-13-7-14(25-2)12(6-10(13)17)21-16(23)11-4-3-5-15(20-11)22-9-18-8-19-22/h3-9H,1-2H3,(H,21,23). The molecule has 0 saturated carbocycles. The first kappa shape index (κ1) is 16.4. The molecule has 0 bridgehead atoms. The van der Waals surface area contributed by atoms with Crippen LogP contribution in [0, 0.1) is 5.82 Å². The number of pyridine rings is 1. The summed E-state index contributed by atoms with van der Waals surface area (Å²) in [6.45, 7) is 0. The van der Waals surface area contributed by atoms with E-state index in [0.717, 1.165) is 6.07 Å². The number of nitrogens with zero attached hydrogens (tertiary/aromatic N) is 4. The topological polar surface area (TPSA) is 91.2 Å². The molecule has 2 aromatic heterocycles. The zero-order valence-corrected chi connectivity index (χ0v) is 13.4. The number of hydrogen-bond donors (Lipinski definition) is 1. The Hall–Kier alpha value is -3.49. The maximum absolute atomic E-state index is 13.9. The van der Waals surface area contributed by atoms with Gasteiger partial charge in [-0.3, -0.25) is 4.79 Å². The van der Waals surface area contributed by atoms with Crippen molar-refractivity contribution in [2.45, 2.75) is 0 Å². The number of benzene rings is 1. The Morgan fingerprint density at radius 2 is 2.00 bits per heavy atom. The summed E-state index contributed by atoms with van der Waals surface area (Å²) >= 11 is 0. The monoisotopic (exact) mass is 343 g/mol. The summed E-state index contributed by atoms with van der Waals surface area (Å²) in [5, 5.41) is 6.53. The SMILES string of the molecule is COc1cc(OC)c(NC(=O)c2cccc(-n3cncn3)n2)cc1F. The van der Waals surface area contributed by atoms with E-state index in [1.807, 2.05) is 0 Å². The number of rotatable bonds is 5. The van der Waals surface area contributed by atoms with Crippen molar-refractivity contribution in [3.63, 3.8) is 0 Å². The summed E-state index contributed by atoms with van der Waals surface area (Å²) in [5.74, 6) is -0.439. The van der Waals surface area contributed by atoms with Gasteiger partial charge in [0.2, 0.25) is 0 Å². The second kappa shape index (κ2) is 6.95. The molecule has 1 amide bonds. The van der Waals surface area contributed by atoms with Crippen LogP contribution in [-0.4, -0.2) is 39.9 Å². The number of hydrogen-bond acceptors (Lipinski definition) is 6. The number of ether oxygens (including phenoxy) is 2. The lowest BCUT2D eigenvalue weighted by Crippen LogP contribution is -2.15. The first-order valence-corrected chi connectivity index (χ1v) is 7.17. The van der Waals surface area contributed by atoms with Crippen LogP contribution in [0.4, 0.5) is 10.1 Å². The van der Waals surface area contributed by atoms with Crippen LogP contribution in [0.25, 0.3) is 5.82 Å². The van der Waals surface area contributed by atoms with Crippen molar-refractivity contribution >= 4 is 11.6 Å². The van der Waals surface area contributed by atoms with E-state index >= 15 is 0 Å². The number of methoxy groups -OCH3 is 2. The van der Waals surface area contributed by atoms with E-state index in [1.54, 1.807) is 12.1 Å². The summed E-state index contributed by atoms with van der Waals surface area (Å²) in [4.78, 5) is 20.5. The lowest BCUT2D eigenvalue weighted by molar-refractivity contribution is 0.102. The Labute approximate surface area is 142 Å². The second-order valence-electron chi connectivity index (χ2n) is 4.86. The van der Waals surface area contributed by atoms with Gasteiger partial charge in [-0.1, -0.05) is 6.07 Å². The molecule has 2 heterocycles. The number of halogens is 1. The Kier molecular flexibility index (Phi) is 4.55. The van der Waals surface area contributed by atoms with Crippen LogP contribution in [0.3, 0.4) is 0 Å². The van der Waals surface area contributed by atoms with Crippen LogP contribution >= 0.6 is 0 Å². The van der Waals surface area contributed by atoms with Gasteiger partial charge in [0.05, 0.1) is 19.9 Å². The van der Waals surface area contributed by atoms with E-state index in [-0.39, 0.29) is 22.9 Å². The molecule has 0 atom stereocenters. The number of nitrogens with one attached hydrogen (secondary N) is 1. The average Bonchev–Trinajstić information content (AvgIpc) is 3.17. The minimum absolute atomic E-state index is 0.0150. The molecule has 0 aliphatic carbocycles. The average molecular weight is 343 g/mol. The van der Waals surface area contributed by atoms with E-state index < -0.39 is 11.7 Å². The van der Waals surface area contributed by atoms with Crippen molar-refractivity contribution in [2.75, 3.05) is 19.5 Å². The Balaban J connectivity index is 1.88. The van der Waals surface area contributed by atoms with Gasteiger partial charge in [-0.05, 0) is 12.1 Å². The van der Waals surface area contributed by atoms with Gasteiger partial charge in [-0.25, -0.2) is 19.0 Å². The molecule has 25 heavy (non-hydrogen) atoms. The molecule has 0 aliphatic heterocycles. The van der Waals surface area contributed by atoms with Gasteiger partial charge >= 0.3 is 0 Å². The fourth-order valence-corrected chi connectivity index (χ4v) is 2.15. The van der Waals surface area contributed by atoms with E-state index in [4.69, 9.17) is 9.47 Å². The first-order valence-electron chi connectivity index (χ1n) is 7.17. The molecule has 0 spiro atoms. The Morgan fingerprint density at radius 3 is 2.68 bits per heavy atom. The third-order valence-electron chi connectivity index (χ3n) is 3.34. The van der Waals surface area contributed by atoms with Gasteiger partial charge < -0.3 is 14.8 Å². The van der Waals surface area contributed by atoms with Crippen molar-refractivity contribution in [3.05, 3.63) is 54.5 Å². The molecule has 0 aliphatic rings. The largest absolute Gasteiger partial charge is 0.494 e. The normalized spacial score (nSPS) is 10.4. The summed E-state index contributed by atoms with van der Waals surface area (Å²) in [5.41, 5.74) is 0.296. The van der Waals surface area contributed by atoms with Crippen molar-refractivity contribution < 1.29 is 18.7 Å². The van der Waals surface area contributed by atoms with E-state index in [2.05, 4.69) is 20.4 Å². The number of anilines is 1. The van der Waals surface area contributed by atoms with Crippen molar-refractivity contribution in [1.82, 2.24) is 19.7 Å². The van der Waals surface area contributed by atoms with Crippen molar-refractivity contribution in [3.8, 4) is 17.3 Å². The van der Waals surface area contributed by atoms with Crippen molar-refractivity contribution in [2.24, 2.45) is 0 Å². The predicted octanol–water partition coefficient (Wildman–Crippen LogP) is 2.07. The van der Waals surface area contributed by atoms with Gasteiger partial charge in [0, 0.05) is 12.1 Å². The predicted molar refractivity (Wildman–Crippen MR) is 86.6 cm³/mol. The van der Waals surface area contributed by atoms with Crippen molar-refractivity contribution in [1.29, 1.82) is 0 Å². The lowest BCUT2D eigenvalue weighted by atomic mass is 10.2. The summed E-state index contributed by atoms with van der Waals surface area (Å²) < 4.78 is 25.4. The molecular weight excluding hydrogens is 329 g/mol. The molecule has 8 nitrogen and oxygen atoms in total. The van der Waals surface area contributed by atoms with Gasteiger partial charge in [0.1, 0.15) is 24.1 Å². The van der Waals surface area contributed by atoms with Crippen LogP contribution in [0.5, 0.6) is 11.5 Å². The van der Waals surface area contributed by atoms with Gasteiger partial charge in [0.15, 0.2) is 17.4 Å². The Morgan fingerprint density at radius 1 is 1.20 bits per heavy atom.